The van der Waals surface area contributed by atoms with E-state index in [2.05, 4.69) is 5.32 Å². The van der Waals surface area contributed by atoms with Crippen LogP contribution in [-0.2, 0) is 19.1 Å². The van der Waals surface area contributed by atoms with Gasteiger partial charge in [-0.05, 0) is 37.6 Å². The van der Waals surface area contributed by atoms with E-state index in [1.807, 2.05) is 0 Å². The SMILES string of the molecule is COC(=O)C1=C(C)NC(C)=C(C(=O)OCCN2C(=O)c3ccccc3C2=O)C1c1ccccc1Cl. The number of methoxy groups -OCH3 is 1. The zero-order chi connectivity index (χ0) is 25.3. The maximum absolute atomic E-state index is 13.3. The van der Waals surface area contributed by atoms with Gasteiger partial charge >= 0.3 is 11.9 Å². The molecule has 0 fully saturated rings. The number of hydrogen-bond acceptors (Lipinski definition) is 7. The van der Waals surface area contributed by atoms with Crippen molar-refractivity contribution in [3.05, 3.63) is 92.8 Å². The van der Waals surface area contributed by atoms with Crippen LogP contribution in [0.4, 0.5) is 0 Å². The molecule has 1 N–H and O–H groups in total. The Morgan fingerprint density at radius 2 is 1.46 bits per heavy atom. The van der Waals surface area contributed by atoms with Crippen molar-refractivity contribution in [2.45, 2.75) is 19.8 Å². The normalized spacial score (nSPS) is 17.4. The number of amides is 2. The third-order valence-corrected chi connectivity index (χ3v) is 6.37. The molecular formula is C26H23ClN2O6. The molecule has 2 aliphatic rings. The van der Waals surface area contributed by atoms with Crippen LogP contribution in [0.3, 0.4) is 0 Å². The highest BCUT2D eigenvalue weighted by Gasteiger charge is 2.39. The van der Waals surface area contributed by atoms with Crippen LogP contribution in [0.2, 0.25) is 5.02 Å². The molecule has 4 rings (SSSR count). The average molecular weight is 495 g/mol. The van der Waals surface area contributed by atoms with Gasteiger partial charge in [0, 0.05) is 16.4 Å². The lowest BCUT2D eigenvalue weighted by molar-refractivity contribution is -0.139. The molecule has 2 heterocycles. The van der Waals surface area contributed by atoms with E-state index in [0.29, 0.717) is 33.1 Å². The number of hydrogen-bond donors (Lipinski definition) is 1. The summed E-state index contributed by atoms with van der Waals surface area (Å²) in [6, 6.07) is 13.4. The second kappa shape index (κ2) is 9.76. The first-order chi connectivity index (χ1) is 16.8. The largest absolute Gasteiger partial charge is 0.466 e. The number of allylic oxidation sites excluding steroid dienone is 2. The summed E-state index contributed by atoms with van der Waals surface area (Å²) in [7, 11) is 1.26. The number of carbonyl (C=O) groups is 4. The molecule has 180 valence electrons. The zero-order valence-electron chi connectivity index (χ0n) is 19.4. The second-order valence-electron chi connectivity index (χ2n) is 8.09. The number of nitrogens with zero attached hydrogens (tertiary/aromatic N) is 1. The average Bonchev–Trinajstić information content (AvgIpc) is 3.08. The summed E-state index contributed by atoms with van der Waals surface area (Å²) in [6.07, 6.45) is 0. The van der Waals surface area contributed by atoms with Crippen molar-refractivity contribution in [3.63, 3.8) is 0 Å². The molecule has 0 aliphatic carbocycles. The number of dihydropyridines is 1. The van der Waals surface area contributed by atoms with Crippen molar-refractivity contribution in [3.8, 4) is 0 Å². The standard InChI is InChI=1S/C26H23ClN2O6/c1-14-20(25(32)34-3)22(18-10-6-7-11-19(18)27)21(15(2)28-14)26(33)35-13-12-29-23(30)16-8-4-5-9-17(16)24(29)31/h4-11,22,28H,12-13H2,1-3H3. The predicted octanol–water partition coefficient (Wildman–Crippen LogP) is 3.59. The van der Waals surface area contributed by atoms with Crippen LogP contribution in [0.25, 0.3) is 0 Å². The van der Waals surface area contributed by atoms with Crippen LogP contribution in [0.5, 0.6) is 0 Å². The van der Waals surface area contributed by atoms with Crippen molar-refractivity contribution < 1.29 is 28.7 Å². The Labute approximate surface area is 207 Å². The highest BCUT2D eigenvalue weighted by atomic mass is 35.5. The summed E-state index contributed by atoms with van der Waals surface area (Å²) in [6.45, 7) is 3.09. The Balaban J connectivity index is 1.58. The van der Waals surface area contributed by atoms with Crippen molar-refractivity contribution in [2.75, 3.05) is 20.3 Å². The summed E-state index contributed by atoms with van der Waals surface area (Å²) in [5.41, 5.74) is 2.63. The van der Waals surface area contributed by atoms with Crippen LogP contribution >= 0.6 is 11.6 Å². The van der Waals surface area contributed by atoms with Crippen LogP contribution in [0.15, 0.2) is 71.1 Å². The van der Waals surface area contributed by atoms with Gasteiger partial charge in [0.25, 0.3) is 11.8 Å². The molecule has 35 heavy (non-hydrogen) atoms. The fourth-order valence-corrected chi connectivity index (χ4v) is 4.66. The lowest BCUT2D eigenvalue weighted by Gasteiger charge is -2.30. The second-order valence-corrected chi connectivity index (χ2v) is 8.50. The minimum absolute atomic E-state index is 0.104. The number of benzene rings is 2. The number of esters is 2. The summed E-state index contributed by atoms with van der Waals surface area (Å²) in [5, 5.41) is 3.42. The number of halogens is 1. The quantitative estimate of drug-likeness (QED) is 0.483. The van der Waals surface area contributed by atoms with Crippen LogP contribution < -0.4 is 5.32 Å². The number of nitrogens with one attached hydrogen (secondary N) is 1. The number of carbonyl (C=O) groups excluding carboxylic acids is 4. The van der Waals surface area contributed by atoms with Crippen LogP contribution in [0, 0.1) is 0 Å². The Hall–Kier alpha value is -3.91. The van der Waals surface area contributed by atoms with Crippen molar-refractivity contribution >= 4 is 35.4 Å². The molecule has 0 saturated heterocycles. The molecule has 2 aliphatic heterocycles. The number of imide groups is 1. The molecule has 9 heteroatoms. The summed E-state index contributed by atoms with van der Waals surface area (Å²) in [4.78, 5) is 52.2. The lowest BCUT2D eigenvalue weighted by Crippen LogP contribution is -2.35. The summed E-state index contributed by atoms with van der Waals surface area (Å²) < 4.78 is 10.5. The van der Waals surface area contributed by atoms with Gasteiger partial charge in [0.2, 0.25) is 0 Å². The molecule has 1 unspecified atom stereocenters. The van der Waals surface area contributed by atoms with Gasteiger partial charge in [0.15, 0.2) is 0 Å². The van der Waals surface area contributed by atoms with E-state index in [1.165, 1.54) is 7.11 Å². The third-order valence-electron chi connectivity index (χ3n) is 6.03. The van der Waals surface area contributed by atoms with E-state index in [4.69, 9.17) is 21.1 Å². The molecule has 0 saturated carbocycles. The zero-order valence-corrected chi connectivity index (χ0v) is 20.1. The van der Waals surface area contributed by atoms with Crippen LogP contribution in [-0.4, -0.2) is 48.9 Å². The van der Waals surface area contributed by atoms with Crippen LogP contribution in [0.1, 0.15) is 46.0 Å². The molecule has 0 spiro atoms. The van der Waals surface area contributed by atoms with Crippen molar-refractivity contribution in [1.82, 2.24) is 10.2 Å². The minimum atomic E-state index is -0.829. The van der Waals surface area contributed by atoms with Gasteiger partial charge in [-0.2, -0.15) is 0 Å². The Morgan fingerprint density at radius 3 is 2.03 bits per heavy atom. The first kappa shape index (κ1) is 24.2. The fourth-order valence-electron chi connectivity index (χ4n) is 4.41. The Kier molecular flexibility index (Phi) is 6.75. The van der Waals surface area contributed by atoms with Crippen molar-refractivity contribution in [2.24, 2.45) is 0 Å². The molecule has 2 amide bonds. The van der Waals surface area contributed by atoms with E-state index in [0.717, 1.165) is 4.90 Å². The van der Waals surface area contributed by atoms with E-state index < -0.39 is 29.7 Å². The smallest absolute Gasteiger partial charge is 0.336 e. The van der Waals surface area contributed by atoms with Crippen molar-refractivity contribution in [1.29, 1.82) is 0 Å². The van der Waals surface area contributed by atoms with Gasteiger partial charge in [0.1, 0.15) is 6.61 Å². The van der Waals surface area contributed by atoms with E-state index in [9.17, 15) is 19.2 Å². The lowest BCUT2D eigenvalue weighted by atomic mass is 9.80. The topological polar surface area (TPSA) is 102 Å². The Bertz CT molecular complexity index is 1280. The van der Waals surface area contributed by atoms with Gasteiger partial charge in [-0.15, -0.1) is 0 Å². The molecule has 0 aromatic heterocycles. The molecule has 2 aromatic carbocycles. The maximum atomic E-state index is 13.3. The highest BCUT2D eigenvalue weighted by molar-refractivity contribution is 6.31. The highest BCUT2D eigenvalue weighted by Crippen LogP contribution is 2.41. The molecule has 0 radical (unpaired) electrons. The van der Waals surface area contributed by atoms with Gasteiger partial charge in [-0.25, -0.2) is 9.59 Å². The van der Waals surface area contributed by atoms with Gasteiger partial charge < -0.3 is 14.8 Å². The monoisotopic (exact) mass is 494 g/mol. The minimum Gasteiger partial charge on any atom is -0.466 e. The molecular weight excluding hydrogens is 472 g/mol. The van der Waals surface area contributed by atoms with Gasteiger partial charge in [-0.3, -0.25) is 14.5 Å². The summed E-state index contributed by atoms with van der Waals surface area (Å²) >= 11 is 6.45. The maximum Gasteiger partial charge on any atom is 0.336 e. The van der Waals surface area contributed by atoms with Gasteiger partial charge in [0.05, 0.1) is 41.8 Å². The first-order valence-corrected chi connectivity index (χ1v) is 11.3. The summed E-state index contributed by atoms with van der Waals surface area (Å²) in [5.74, 6) is -3.01. The van der Waals surface area contributed by atoms with E-state index in [1.54, 1.807) is 62.4 Å². The van der Waals surface area contributed by atoms with E-state index >= 15 is 0 Å². The fraction of sp³-hybridized carbons (Fsp3) is 0.231. The molecule has 1 atom stereocenters. The molecule has 8 nitrogen and oxygen atoms in total. The first-order valence-electron chi connectivity index (χ1n) is 10.9. The van der Waals surface area contributed by atoms with Gasteiger partial charge in [-0.1, -0.05) is 41.9 Å². The number of rotatable bonds is 6. The number of ether oxygens (including phenoxy) is 2. The molecule has 0 bridgehead atoms. The molecule has 2 aromatic rings. The predicted molar refractivity (Wildman–Crippen MR) is 128 cm³/mol. The van der Waals surface area contributed by atoms with E-state index in [-0.39, 0.29) is 24.3 Å². The Morgan fingerprint density at radius 1 is 0.914 bits per heavy atom. The number of fused-ring (bicyclic) bond motifs is 1. The third kappa shape index (κ3) is 4.33.